The molecule has 25 heavy (non-hydrogen) atoms. The fraction of sp³-hybridized carbons (Fsp3) is 0.294. The van der Waals surface area contributed by atoms with E-state index < -0.39 is 17.9 Å². The van der Waals surface area contributed by atoms with Crippen LogP contribution in [0.4, 0.5) is 0 Å². The first-order valence-electron chi connectivity index (χ1n) is 7.70. The lowest BCUT2D eigenvalue weighted by molar-refractivity contribution is -0.144. The molecule has 0 aromatic heterocycles. The zero-order chi connectivity index (χ0) is 18.2. The van der Waals surface area contributed by atoms with Gasteiger partial charge in [0.25, 0.3) is 0 Å². The van der Waals surface area contributed by atoms with Crippen molar-refractivity contribution in [2.24, 2.45) is 0 Å². The van der Waals surface area contributed by atoms with Gasteiger partial charge in [-0.3, -0.25) is 19.7 Å². The van der Waals surface area contributed by atoms with E-state index in [0.717, 1.165) is 5.56 Å². The van der Waals surface area contributed by atoms with Crippen LogP contribution in [-0.4, -0.2) is 54.0 Å². The maximum Gasteiger partial charge on any atom is 0.308 e. The van der Waals surface area contributed by atoms with E-state index in [1.54, 1.807) is 6.08 Å². The van der Waals surface area contributed by atoms with Crippen LogP contribution in [0.5, 0.6) is 0 Å². The monoisotopic (exact) mass is 361 g/mol. The van der Waals surface area contributed by atoms with Gasteiger partial charge in [0.15, 0.2) is 5.11 Å². The minimum absolute atomic E-state index is 0.103. The number of carbonyl (C=O) groups excluding carboxylic acids is 3. The van der Waals surface area contributed by atoms with Gasteiger partial charge >= 0.3 is 5.97 Å². The van der Waals surface area contributed by atoms with Gasteiger partial charge in [0, 0.05) is 19.2 Å². The lowest BCUT2D eigenvalue weighted by atomic mass is 10.1. The zero-order valence-corrected chi connectivity index (χ0v) is 14.5. The van der Waals surface area contributed by atoms with E-state index in [4.69, 9.17) is 12.2 Å². The summed E-state index contributed by atoms with van der Waals surface area (Å²) in [5, 5.41) is 5.34. The number of ether oxygens (including phenoxy) is 1. The van der Waals surface area contributed by atoms with Gasteiger partial charge in [-0.05, 0) is 23.9 Å². The maximum absolute atomic E-state index is 12.0. The van der Waals surface area contributed by atoms with Crippen LogP contribution in [0.1, 0.15) is 12.0 Å². The molecular weight excluding hydrogens is 342 g/mol. The summed E-state index contributed by atoms with van der Waals surface area (Å²) in [7, 11) is 1.25. The SMILES string of the molecule is COC(=O)CC1C(=O)NCCN1C(=S)NC(=O)C=Cc1ccccc1. The number of thiocarbonyl (C=S) groups is 1. The maximum atomic E-state index is 12.0. The molecule has 1 aliphatic rings. The van der Waals surface area contributed by atoms with E-state index in [1.165, 1.54) is 18.1 Å². The molecule has 0 radical (unpaired) electrons. The Kier molecular flexibility index (Phi) is 6.64. The van der Waals surface area contributed by atoms with E-state index in [2.05, 4.69) is 15.4 Å². The van der Waals surface area contributed by atoms with Crippen LogP contribution in [0.2, 0.25) is 0 Å². The Balaban J connectivity index is 1.99. The van der Waals surface area contributed by atoms with E-state index in [-0.39, 0.29) is 17.4 Å². The average Bonchev–Trinajstić information content (AvgIpc) is 2.62. The summed E-state index contributed by atoms with van der Waals surface area (Å²) in [6.07, 6.45) is 2.88. The van der Waals surface area contributed by atoms with Crippen LogP contribution >= 0.6 is 12.2 Å². The van der Waals surface area contributed by atoms with E-state index in [9.17, 15) is 14.4 Å². The molecule has 0 saturated carbocycles. The van der Waals surface area contributed by atoms with Gasteiger partial charge in [-0.2, -0.15) is 0 Å². The number of nitrogens with one attached hydrogen (secondary N) is 2. The van der Waals surface area contributed by atoms with Crippen LogP contribution in [0.15, 0.2) is 36.4 Å². The van der Waals surface area contributed by atoms with E-state index in [0.29, 0.717) is 13.1 Å². The van der Waals surface area contributed by atoms with E-state index in [1.807, 2.05) is 30.3 Å². The number of carbonyl (C=O) groups is 3. The molecule has 0 aliphatic carbocycles. The Hall–Kier alpha value is -2.74. The minimum atomic E-state index is -0.799. The summed E-state index contributed by atoms with van der Waals surface area (Å²) >= 11 is 5.23. The molecule has 132 valence electrons. The third-order valence-corrected chi connectivity index (χ3v) is 3.97. The minimum Gasteiger partial charge on any atom is -0.469 e. The lowest BCUT2D eigenvalue weighted by Crippen LogP contribution is -2.60. The molecular formula is C17H19N3O4S. The fourth-order valence-corrected chi connectivity index (χ4v) is 2.68. The standard InChI is InChI=1S/C17H19N3O4S/c1-24-15(22)11-13-16(23)18-9-10-20(13)17(25)19-14(21)8-7-12-5-3-2-4-6-12/h2-8,13H,9-11H2,1H3,(H,18,23)(H,19,21,25). The Labute approximate surface area is 151 Å². The second-order valence-electron chi connectivity index (χ2n) is 5.32. The van der Waals surface area contributed by atoms with Crippen LogP contribution in [-0.2, 0) is 19.1 Å². The van der Waals surface area contributed by atoms with Crippen molar-refractivity contribution in [3.63, 3.8) is 0 Å². The van der Waals surface area contributed by atoms with Crippen LogP contribution in [0.3, 0.4) is 0 Å². The van der Waals surface area contributed by atoms with Crippen LogP contribution < -0.4 is 10.6 Å². The molecule has 1 fully saturated rings. The number of piperazine rings is 1. The molecule has 1 atom stereocenters. The third kappa shape index (κ3) is 5.39. The quantitative estimate of drug-likeness (QED) is 0.460. The fourth-order valence-electron chi connectivity index (χ4n) is 2.36. The molecule has 1 unspecified atom stereocenters. The molecule has 7 nitrogen and oxygen atoms in total. The van der Waals surface area contributed by atoms with Crippen LogP contribution in [0, 0.1) is 0 Å². The zero-order valence-electron chi connectivity index (χ0n) is 13.7. The molecule has 0 spiro atoms. The van der Waals surface area contributed by atoms with Crippen molar-refractivity contribution < 1.29 is 19.1 Å². The van der Waals surface area contributed by atoms with Gasteiger partial charge in [0.2, 0.25) is 11.8 Å². The molecule has 1 aromatic rings. The molecule has 1 heterocycles. The van der Waals surface area contributed by atoms with Crippen molar-refractivity contribution >= 4 is 41.2 Å². The van der Waals surface area contributed by atoms with Crippen LogP contribution in [0.25, 0.3) is 6.08 Å². The van der Waals surface area contributed by atoms with Crippen molar-refractivity contribution in [1.82, 2.24) is 15.5 Å². The highest BCUT2D eigenvalue weighted by atomic mass is 32.1. The van der Waals surface area contributed by atoms with Gasteiger partial charge in [-0.15, -0.1) is 0 Å². The van der Waals surface area contributed by atoms with Crippen molar-refractivity contribution in [2.75, 3.05) is 20.2 Å². The van der Waals surface area contributed by atoms with Crippen molar-refractivity contribution in [1.29, 1.82) is 0 Å². The first-order valence-corrected chi connectivity index (χ1v) is 8.11. The first-order chi connectivity index (χ1) is 12.0. The predicted octanol–water partition coefficient (Wildman–Crippen LogP) is 0.464. The number of hydrogen-bond acceptors (Lipinski definition) is 5. The highest BCUT2D eigenvalue weighted by Gasteiger charge is 2.33. The topological polar surface area (TPSA) is 87.7 Å². The Morgan fingerprint density at radius 2 is 2.12 bits per heavy atom. The molecule has 2 amide bonds. The van der Waals surface area contributed by atoms with E-state index >= 15 is 0 Å². The summed E-state index contributed by atoms with van der Waals surface area (Å²) in [6, 6.07) is 8.55. The molecule has 2 rings (SSSR count). The number of methoxy groups -OCH3 is 1. The molecule has 0 bridgehead atoms. The number of hydrogen-bond donors (Lipinski definition) is 2. The number of esters is 1. The van der Waals surface area contributed by atoms with Crippen molar-refractivity contribution in [3.8, 4) is 0 Å². The lowest BCUT2D eigenvalue weighted by Gasteiger charge is -2.35. The molecule has 1 aromatic carbocycles. The van der Waals surface area contributed by atoms with Gasteiger partial charge in [0.05, 0.1) is 13.5 Å². The highest BCUT2D eigenvalue weighted by molar-refractivity contribution is 7.80. The van der Waals surface area contributed by atoms with Gasteiger partial charge in [0.1, 0.15) is 6.04 Å². The van der Waals surface area contributed by atoms with Gasteiger partial charge in [-0.25, -0.2) is 0 Å². The Morgan fingerprint density at radius 3 is 2.80 bits per heavy atom. The van der Waals surface area contributed by atoms with Gasteiger partial charge < -0.3 is 15.0 Å². The Bertz CT molecular complexity index is 690. The summed E-state index contributed by atoms with van der Waals surface area (Å²) in [5.41, 5.74) is 0.879. The Morgan fingerprint density at radius 1 is 1.40 bits per heavy atom. The predicted molar refractivity (Wildman–Crippen MR) is 96.4 cm³/mol. The molecule has 8 heteroatoms. The first kappa shape index (κ1) is 18.6. The summed E-state index contributed by atoms with van der Waals surface area (Å²) in [5.74, 6) is -1.25. The van der Waals surface area contributed by atoms with Crippen molar-refractivity contribution in [3.05, 3.63) is 42.0 Å². The average molecular weight is 361 g/mol. The number of benzene rings is 1. The second kappa shape index (κ2) is 8.93. The largest absolute Gasteiger partial charge is 0.469 e. The highest BCUT2D eigenvalue weighted by Crippen LogP contribution is 2.10. The smallest absolute Gasteiger partial charge is 0.308 e. The second-order valence-corrected chi connectivity index (χ2v) is 5.71. The summed E-state index contributed by atoms with van der Waals surface area (Å²) in [6.45, 7) is 0.779. The third-order valence-electron chi connectivity index (χ3n) is 3.64. The number of amides is 2. The molecule has 2 N–H and O–H groups in total. The number of rotatable bonds is 4. The normalized spacial score (nSPS) is 17.1. The van der Waals surface area contributed by atoms with Gasteiger partial charge in [-0.1, -0.05) is 30.3 Å². The molecule has 1 aliphatic heterocycles. The summed E-state index contributed by atoms with van der Waals surface area (Å²) < 4.78 is 4.61. The van der Waals surface area contributed by atoms with Crippen molar-refractivity contribution in [2.45, 2.75) is 12.5 Å². The summed E-state index contributed by atoms with van der Waals surface area (Å²) in [4.78, 5) is 37.1. The molecule has 1 saturated heterocycles. The number of nitrogens with zero attached hydrogens (tertiary/aromatic N) is 1.